The molecule has 0 bridgehead atoms. The van der Waals surface area contributed by atoms with Crippen LogP contribution in [0.5, 0.6) is 5.75 Å². The standard InChI is InChI=1S/C19H25NO5/c1-12-2-3-15(17(8-12)25-16-6-7-24-11-16)10-20-18(21)13-4-5-14(9-13)19(22)23/h2-3,8,13-14,16H,4-7,9-11H2,1H3,(H,20,21)(H,22,23)/t13-,14+,16?/m1/s1. The summed E-state index contributed by atoms with van der Waals surface area (Å²) in [5.41, 5.74) is 2.03. The normalized spacial score (nSPS) is 25.7. The molecule has 0 spiro atoms. The summed E-state index contributed by atoms with van der Waals surface area (Å²) in [5.74, 6) is -0.691. The summed E-state index contributed by atoms with van der Waals surface area (Å²) in [7, 11) is 0. The molecule has 1 aromatic carbocycles. The van der Waals surface area contributed by atoms with E-state index in [9.17, 15) is 9.59 Å². The third-order valence-corrected chi connectivity index (χ3v) is 5.01. The van der Waals surface area contributed by atoms with Gasteiger partial charge < -0.3 is 19.9 Å². The van der Waals surface area contributed by atoms with Gasteiger partial charge in [0, 0.05) is 24.4 Å². The molecule has 1 aromatic rings. The van der Waals surface area contributed by atoms with E-state index in [0.29, 0.717) is 32.4 Å². The highest BCUT2D eigenvalue weighted by atomic mass is 16.5. The largest absolute Gasteiger partial charge is 0.488 e. The van der Waals surface area contributed by atoms with E-state index in [1.807, 2.05) is 25.1 Å². The van der Waals surface area contributed by atoms with Crippen LogP contribution in [0.15, 0.2) is 18.2 Å². The summed E-state index contributed by atoms with van der Waals surface area (Å²) in [5, 5.41) is 12.0. The molecule has 0 radical (unpaired) electrons. The number of aryl methyl sites for hydroxylation is 1. The number of nitrogens with one attached hydrogen (secondary N) is 1. The van der Waals surface area contributed by atoms with Crippen LogP contribution < -0.4 is 10.1 Å². The van der Waals surface area contributed by atoms with Crippen LogP contribution in [0.4, 0.5) is 0 Å². The number of rotatable bonds is 6. The monoisotopic (exact) mass is 347 g/mol. The lowest BCUT2D eigenvalue weighted by Crippen LogP contribution is -2.29. The molecule has 136 valence electrons. The summed E-state index contributed by atoms with van der Waals surface area (Å²) in [6.07, 6.45) is 2.58. The van der Waals surface area contributed by atoms with E-state index in [1.165, 1.54) is 0 Å². The van der Waals surface area contributed by atoms with Gasteiger partial charge in [-0.1, -0.05) is 12.1 Å². The van der Waals surface area contributed by atoms with Gasteiger partial charge in [0.25, 0.3) is 0 Å². The van der Waals surface area contributed by atoms with E-state index in [0.717, 1.165) is 29.9 Å². The molecule has 2 fully saturated rings. The Morgan fingerprint density at radius 2 is 2.08 bits per heavy atom. The molecule has 1 aliphatic heterocycles. The Hall–Kier alpha value is -2.08. The third-order valence-electron chi connectivity index (χ3n) is 5.01. The Morgan fingerprint density at radius 3 is 2.76 bits per heavy atom. The zero-order valence-corrected chi connectivity index (χ0v) is 14.5. The van der Waals surface area contributed by atoms with E-state index in [1.54, 1.807) is 0 Å². The van der Waals surface area contributed by atoms with E-state index in [4.69, 9.17) is 14.6 Å². The van der Waals surface area contributed by atoms with Crippen LogP contribution in [0, 0.1) is 18.8 Å². The number of benzene rings is 1. The van der Waals surface area contributed by atoms with Crippen molar-refractivity contribution in [2.24, 2.45) is 11.8 Å². The predicted octanol–water partition coefficient (Wildman–Crippen LogP) is 2.28. The topological polar surface area (TPSA) is 84.9 Å². The van der Waals surface area contributed by atoms with Crippen LogP contribution in [0.25, 0.3) is 0 Å². The Balaban J connectivity index is 1.58. The van der Waals surface area contributed by atoms with Gasteiger partial charge in [-0.2, -0.15) is 0 Å². The van der Waals surface area contributed by atoms with Crippen molar-refractivity contribution in [3.63, 3.8) is 0 Å². The summed E-state index contributed by atoms with van der Waals surface area (Å²) < 4.78 is 11.4. The molecule has 1 saturated heterocycles. The highest BCUT2D eigenvalue weighted by Gasteiger charge is 2.33. The lowest BCUT2D eigenvalue weighted by atomic mass is 10.0. The van der Waals surface area contributed by atoms with Gasteiger partial charge >= 0.3 is 5.97 Å². The second-order valence-electron chi connectivity index (χ2n) is 6.98. The maximum Gasteiger partial charge on any atom is 0.306 e. The molecule has 1 saturated carbocycles. The molecule has 1 aliphatic carbocycles. The maximum atomic E-state index is 12.3. The Labute approximate surface area is 147 Å². The Bertz CT molecular complexity index is 639. The van der Waals surface area contributed by atoms with Gasteiger partial charge in [0.1, 0.15) is 11.9 Å². The average molecular weight is 347 g/mol. The van der Waals surface area contributed by atoms with Crippen molar-refractivity contribution in [3.8, 4) is 5.75 Å². The van der Waals surface area contributed by atoms with Gasteiger partial charge in [-0.05, 0) is 37.8 Å². The van der Waals surface area contributed by atoms with Crippen molar-refractivity contribution in [1.29, 1.82) is 0 Å². The van der Waals surface area contributed by atoms with Crippen molar-refractivity contribution >= 4 is 11.9 Å². The first-order valence-corrected chi connectivity index (χ1v) is 8.87. The van der Waals surface area contributed by atoms with Crippen LogP contribution in [-0.2, 0) is 20.9 Å². The minimum Gasteiger partial charge on any atom is -0.488 e. The lowest BCUT2D eigenvalue weighted by Gasteiger charge is -2.17. The van der Waals surface area contributed by atoms with Gasteiger partial charge in [-0.25, -0.2) is 0 Å². The molecular weight excluding hydrogens is 322 g/mol. The second kappa shape index (κ2) is 7.87. The lowest BCUT2D eigenvalue weighted by molar-refractivity contribution is -0.141. The van der Waals surface area contributed by atoms with Crippen LogP contribution >= 0.6 is 0 Å². The van der Waals surface area contributed by atoms with Gasteiger partial charge in [0.15, 0.2) is 0 Å². The first-order chi connectivity index (χ1) is 12.0. The first-order valence-electron chi connectivity index (χ1n) is 8.87. The molecule has 0 aromatic heterocycles. The van der Waals surface area contributed by atoms with Crippen molar-refractivity contribution in [3.05, 3.63) is 29.3 Å². The smallest absolute Gasteiger partial charge is 0.306 e. The number of aliphatic carboxylic acids is 1. The molecule has 3 atom stereocenters. The molecule has 6 nitrogen and oxygen atoms in total. The molecule has 3 rings (SSSR count). The van der Waals surface area contributed by atoms with Crippen LogP contribution in [0.3, 0.4) is 0 Å². The fourth-order valence-electron chi connectivity index (χ4n) is 3.47. The number of hydrogen-bond donors (Lipinski definition) is 2. The van der Waals surface area contributed by atoms with Gasteiger partial charge in [-0.3, -0.25) is 9.59 Å². The Kier molecular flexibility index (Phi) is 5.58. The van der Waals surface area contributed by atoms with E-state index in [-0.39, 0.29) is 17.9 Å². The first kappa shape index (κ1) is 17.7. The molecule has 2 N–H and O–H groups in total. The zero-order valence-electron chi connectivity index (χ0n) is 14.5. The van der Waals surface area contributed by atoms with Crippen molar-refractivity contribution in [2.75, 3.05) is 13.2 Å². The number of ether oxygens (including phenoxy) is 2. The van der Waals surface area contributed by atoms with Crippen molar-refractivity contribution in [2.45, 2.75) is 45.3 Å². The Morgan fingerprint density at radius 1 is 1.28 bits per heavy atom. The molecular formula is C19H25NO5. The highest BCUT2D eigenvalue weighted by Crippen LogP contribution is 2.31. The molecule has 25 heavy (non-hydrogen) atoms. The zero-order chi connectivity index (χ0) is 17.8. The van der Waals surface area contributed by atoms with Crippen molar-refractivity contribution < 1.29 is 24.2 Å². The molecule has 1 heterocycles. The SMILES string of the molecule is Cc1ccc(CNC(=O)[C@@H]2CC[C@H](C(=O)O)C2)c(OC2CCOC2)c1. The van der Waals surface area contributed by atoms with Crippen LogP contribution in [0.1, 0.15) is 36.8 Å². The quantitative estimate of drug-likeness (QED) is 0.825. The summed E-state index contributed by atoms with van der Waals surface area (Å²) in [6.45, 7) is 3.70. The molecule has 2 aliphatic rings. The summed E-state index contributed by atoms with van der Waals surface area (Å²) in [4.78, 5) is 23.4. The maximum absolute atomic E-state index is 12.3. The fraction of sp³-hybridized carbons (Fsp3) is 0.579. The molecule has 6 heteroatoms. The minimum absolute atomic E-state index is 0.0578. The predicted molar refractivity (Wildman–Crippen MR) is 91.3 cm³/mol. The number of carbonyl (C=O) groups is 2. The number of carboxylic acids is 1. The van der Waals surface area contributed by atoms with E-state index < -0.39 is 11.9 Å². The highest BCUT2D eigenvalue weighted by molar-refractivity contribution is 5.80. The van der Waals surface area contributed by atoms with Crippen molar-refractivity contribution in [1.82, 2.24) is 5.32 Å². The average Bonchev–Trinajstić information content (AvgIpc) is 3.25. The van der Waals surface area contributed by atoms with Crippen LogP contribution in [-0.4, -0.2) is 36.3 Å². The number of amides is 1. The number of carbonyl (C=O) groups excluding carboxylic acids is 1. The summed E-state index contributed by atoms with van der Waals surface area (Å²) >= 11 is 0. The van der Waals surface area contributed by atoms with Gasteiger partial charge in [0.2, 0.25) is 5.91 Å². The molecule has 1 amide bonds. The van der Waals surface area contributed by atoms with E-state index in [2.05, 4.69) is 5.32 Å². The summed E-state index contributed by atoms with van der Waals surface area (Å²) in [6, 6.07) is 5.95. The second-order valence-corrected chi connectivity index (χ2v) is 6.98. The minimum atomic E-state index is -0.802. The number of carboxylic acid groups (broad SMARTS) is 1. The van der Waals surface area contributed by atoms with Crippen LogP contribution in [0.2, 0.25) is 0 Å². The molecule has 1 unspecified atom stereocenters. The number of hydrogen-bond acceptors (Lipinski definition) is 4. The fourth-order valence-corrected chi connectivity index (χ4v) is 3.47. The van der Waals surface area contributed by atoms with E-state index >= 15 is 0 Å². The van der Waals surface area contributed by atoms with Gasteiger partial charge in [0.05, 0.1) is 19.1 Å². The van der Waals surface area contributed by atoms with Gasteiger partial charge in [-0.15, -0.1) is 0 Å². The third kappa shape index (κ3) is 4.51.